The third-order valence-corrected chi connectivity index (χ3v) is 3.80. The number of aldehydes is 1. The maximum Gasteiger partial charge on any atom is 0.127 e. The van der Waals surface area contributed by atoms with Gasteiger partial charge in [-0.3, -0.25) is 0 Å². The van der Waals surface area contributed by atoms with Crippen LogP contribution in [0.3, 0.4) is 0 Å². The third-order valence-electron chi connectivity index (χ3n) is 2.94. The fraction of sp³-hybridized carbons (Fsp3) is 0.133. The Morgan fingerprint density at radius 2 is 1.53 bits per heavy atom. The molecule has 0 amide bonds. The van der Waals surface area contributed by atoms with Gasteiger partial charge in [-0.25, -0.2) is 0 Å². The molecule has 2 rings (SSSR count). The van der Waals surface area contributed by atoms with Crippen LogP contribution in [0.5, 0.6) is 0 Å². The van der Waals surface area contributed by atoms with Gasteiger partial charge in [0, 0.05) is 32.1 Å². The Hall–Kier alpha value is -1.02. The SMILES string of the molecule is CC(C=O)c1ccc(-c2ccc(Cl)cc2Cl)c(Cl)c1. The molecule has 0 fully saturated rings. The summed E-state index contributed by atoms with van der Waals surface area (Å²) in [6.45, 7) is 1.83. The van der Waals surface area contributed by atoms with E-state index in [1.165, 1.54) is 0 Å². The van der Waals surface area contributed by atoms with E-state index in [2.05, 4.69) is 0 Å². The molecule has 1 atom stereocenters. The molecule has 0 saturated carbocycles. The molecule has 2 aromatic carbocycles. The summed E-state index contributed by atoms with van der Waals surface area (Å²) in [5, 5.41) is 1.69. The van der Waals surface area contributed by atoms with Crippen LogP contribution < -0.4 is 0 Å². The van der Waals surface area contributed by atoms with Crippen LogP contribution in [0.15, 0.2) is 36.4 Å². The highest BCUT2D eigenvalue weighted by Gasteiger charge is 2.11. The van der Waals surface area contributed by atoms with Crippen LogP contribution in [-0.4, -0.2) is 6.29 Å². The van der Waals surface area contributed by atoms with Gasteiger partial charge in [0.15, 0.2) is 0 Å². The highest BCUT2D eigenvalue weighted by atomic mass is 35.5. The minimum atomic E-state index is -0.174. The van der Waals surface area contributed by atoms with Gasteiger partial charge in [0.25, 0.3) is 0 Å². The van der Waals surface area contributed by atoms with Crippen molar-refractivity contribution in [3.05, 3.63) is 57.0 Å². The number of rotatable bonds is 3. The first-order valence-corrected chi connectivity index (χ1v) is 6.86. The molecule has 0 spiro atoms. The topological polar surface area (TPSA) is 17.1 Å². The number of carbonyl (C=O) groups is 1. The zero-order valence-corrected chi connectivity index (χ0v) is 12.4. The van der Waals surface area contributed by atoms with Crippen molar-refractivity contribution in [2.75, 3.05) is 0 Å². The largest absolute Gasteiger partial charge is 0.303 e. The standard InChI is InChI=1S/C15H11Cl3O/c1-9(8-19)10-2-4-12(14(17)6-10)13-5-3-11(16)7-15(13)18/h2-9H,1H3. The molecule has 0 aliphatic rings. The smallest absolute Gasteiger partial charge is 0.127 e. The number of hydrogen-bond acceptors (Lipinski definition) is 1. The summed E-state index contributed by atoms with van der Waals surface area (Å²) < 4.78 is 0. The van der Waals surface area contributed by atoms with Crippen LogP contribution in [0.4, 0.5) is 0 Å². The van der Waals surface area contributed by atoms with Gasteiger partial charge in [0.2, 0.25) is 0 Å². The average molecular weight is 314 g/mol. The van der Waals surface area contributed by atoms with E-state index in [-0.39, 0.29) is 5.92 Å². The molecule has 0 aliphatic carbocycles. The lowest BCUT2D eigenvalue weighted by molar-refractivity contribution is -0.108. The Morgan fingerprint density at radius 3 is 2.05 bits per heavy atom. The summed E-state index contributed by atoms with van der Waals surface area (Å²) >= 11 is 18.3. The quantitative estimate of drug-likeness (QED) is 0.672. The van der Waals surface area contributed by atoms with E-state index in [1.807, 2.05) is 25.1 Å². The van der Waals surface area contributed by atoms with Gasteiger partial charge < -0.3 is 4.79 Å². The van der Waals surface area contributed by atoms with E-state index in [0.717, 1.165) is 23.0 Å². The lowest BCUT2D eigenvalue weighted by Gasteiger charge is -2.10. The maximum absolute atomic E-state index is 10.8. The summed E-state index contributed by atoms with van der Waals surface area (Å²) in [5.74, 6) is -0.174. The van der Waals surface area contributed by atoms with Crippen LogP contribution in [0, 0.1) is 0 Å². The molecule has 0 aliphatic heterocycles. The molecule has 1 unspecified atom stereocenters. The number of benzene rings is 2. The van der Waals surface area contributed by atoms with E-state index in [1.54, 1.807) is 18.2 Å². The third kappa shape index (κ3) is 3.11. The first-order valence-electron chi connectivity index (χ1n) is 5.73. The maximum atomic E-state index is 10.8. The fourth-order valence-electron chi connectivity index (χ4n) is 1.82. The van der Waals surface area contributed by atoms with Crippen molar-refractivity contribution < 1.29 is 4.79 Å². The summed E-state index contributed by atoms with van der Waals surface area (Å²) in [7, 11) is 0. The fourth-order valence-corrected chi connectivity index (χ4v) is 2.62. The van der Waals surface area contributed by atoms with Crippen molar-refractivity contribution in [1.82, 2.24) is 0 Å². The molecule has 1 nitrogen and oxygen atoms in total. The van der Waals surface area contributed by atoms with E-state index >= 15 is 0 Å². The van der Waals surface area contributed by atoms with Crippen molar-refractivity contribution in [3.8, 4) is 11.1 Å². The lowest BCUT2D eigenvalue weighted by atomic mass is 9.98. The summed E-state index contributed by atoms with van der Waals surface area (Å²) in [5.41, 5.74) is 2.53. The predicted octanol–water partition coefficient (Wildman–Crippen LogP) is 5.62. The van der Waals surface area contributed by atoms with Crippen molar-refractivity contribution in [2.45, 2.75) is 12.8 Å². The minimum Gasteiger partial charge on any atom is -0.303 e. The van der Waals surface area contributed by atoms with E-state index in [4.69, 9.17) is 34.8 Å². The number of hydrogen-bond donors (Lipinski definition) is 0. The zero-order chi connectivity index (χ0) is 14.0. The Balaban J connectivity index is 2.49. The second-order valence-corrected chi connectivity index (χ2v) is 5.54. The molecular formula is C15H11Cl3O. The van der Waals surface area contributed by atoms with E-state index in [0.29, 0.717) is 15.1 Å². The van der Waals surface area contributed by atoms with E-state index in [9.17, 15) is 4.79 Å². The Bertz CT molecular complexity index is 623. The molecule has 0 heterocycles. The van der Waals surface area contributed by atoms with Gasteiger partial charge in [-0.15, -0.1) is 0 Å². The average Bonchev–Trinajstić information content (AvgIpc) is 2.38. The van der Waals surface area contributed by atoms with Crippen molar-refractivity contribution in [1.29, 1.82) is 0 Å². The monoisotopic (exact) mass is 312 g/mol. The molecular weight excluding hydrogens is 303 g/mol. The number of halogens is 3. The number of carbonyl (C=O) groups excluding carboxylic acids is 1. The Kier molecular flexibility index (Phi) is 4.51. The normalized spacial score (nSPS) is 12.2. The summed E-state index contributed by atoms with van der Waals surface area (Å²) in [4.78, 5) is 10.8. The van der Waals surface area contributed by atoms with Crippen molar-refractivity contribution in [3.63, 3.8) is 0 Å². The minimum absolute atomic E-state index is 0.174. The lowest BCUT2D eigenvalue weighted by Crippen LogP contribution is -1.94. The van der Waals surface area contributed by atoms with Gasteiger partial charge in [-0.2, -0.15) is 0 Å². The highest BCUT2D eigenvalue weighted by molar-refractivity contribution is 6.38. The molecule has 0 saturated heterocycles. The van der Waals surface area contributed by atoms with Crippen LogP contribution in [0.25, 0.3) is 11.1 Å². The van der Waals surface area contributed by atoms with Crippen molar-refractivity contribution in [2.24, 2.45) is 0 Å². The summed E-state index contributed by atoms with van der Waals surface area (Å²) in [6.07, 6.45) is 0.889. The molecule has 4 heteroatoms. The molecule has 2 aromatic rings. The van der Waals surface area contributed by atoms with Gasteiger partial charge in [0.1, 0.15) is 6.29 Å². The highest BCUT2D eigenvalue weighted by Crippen LogP contribution is 2.36. The molecule has 98 valence electrons. The van der Waals surface area contributed by atoms with Crippen LogP contribution in [0.1, 0.15) is 18.4 Å². The van der Waals surface area contributed by atoms with Crippen LogP contribution in [0.2, 0.25) is 15.1 Å². The first-order chi connectivity index (χ1) is 9.02. The van der Waals surface area contributed by atoms with Gasteiger partial charge in [0.05, 0.1) is 0 Å². The Morgan fingerprint density at radius 1 is 0.947 bits per heavy atom. The van der Waals surface area contributed by atoms with Gasteiger partial charge >= 0.3 is 0 Å². The molecule has 0 radical (unpaired) electrons. The van der Waals surface area contributed by atoms with E-state index < -0.39 is 0 Å². The molecule has 0 aromatic heterocycles. The second kappa shape index (κ2) is 5.96. The predicted molar refractivity (Wildman–Crippen MR) is 81.4 cm³/mol. The molecule has 19 heavy (non-hydrogen) atoms. The van der Waals surface area contributed by atoms with Crippen LogP contribution >= 0.6 is 34.8 Å². The summed E-state index contributed by atoms with van der Waals surface area (Å²) in [6, 6.07) is 10.8. The van der Waals surface area contributed by atoms with Gasteiger partial charge in [-0.05, 0) is 23.8 Å². The zero-order valence-electron chi connectivity index (χ0n) is 10.2. The van der Waals surface area contributed by atoms with Crippen LogP contribution in [-0.2, 0) is 4.79 Å². The van der Waals surface area contributed by atoms with Gasteiger partial charge in [-0.1, -0.05) is 59.9 Å². The molecule has 0 bridgehead atoms. The Labute approximate surface area is 127 Å². The second-order valence-electron chi connectivity index (χ2n) is 4.29. The van der Waals surface area contributed by atoms with Crippen molar-refractivity contribution >= 4 is 41.1 Å². The molecule has 0 N–H and O–H groups in total. The first kappa shape index (κ1) is 14.4.